The van der Waals surface area contributed by atoms with Crippen LogP contribution in [0.2, 0.25) is 5.02 Å². The molecule has 0 aliphatic carbocycles. The SMILES string of the molecule is O=C(COCc1ccccc1)Nc1cccc(Cl)c1. The highest BCUT2D eigenvalue weighted by Crippen LogP contribution is 2.14. The monoisotopic (exact) mass is 275 g/mol. The van der Waals surface area contributed by atoms with Gasteiger partial charge in [0.15, 0.2) is 0 Å². The lowest BCUT2D eigenvalue weighted by Gasteiger charge is -2.06. The molecule has 0 aliphatic heterocycles. The van der Waals surface area contributed by atoms with Crippen LogP contribution < -0.4 is 5.32 Å². The molecule has 0 atom stereocenters. The minimum absolute atomic E-state index is 0.0153. The lowest BCUT2D eigenvalue weighted by Crippen LogP contribution is -2.18. The average Bonchev–Trinajstić information content (AvgIpc) is 2.40. The summed E-state index contributed by atoms with van der Waals surface area (Å²) in [5, 5.41) is 3.31. The summed E-state index contributed by atoms with van der Waals surface area (Å²) < 4.78 is 5.34. The van der Waals surface area contributed by atoms with Crippen LogP contribution in [0, 0.1) is 0 Å². The molecule has 0 unspecified atom stereocenters. The van der Waals surface area contributed by atoms with E-state index < -0.39 is 0 Å². The Kier molecular flexibility index (Phi) is 4.95. The van der Waals surface area contributed by atoms with Crippen LogP contribution in [0.25, 0.3) is 0 Å². The average molecular weight is 276 g/mol. The molecule has 0 fully saturated rings. The van der Waals surface area contributed by atoms with E-state index in [2.05, 4.69) is 5.32 Å². The molecule has 0 saturated heterocycles. The Bertz CT molecular complexity index is 543. The van der Waals surface area contributed by atoms with Crippen LogP contribution in [-0.2, 0) is 16.1 Å². The van der Waals surface area contributed by atoms with Gasteiger partial charge in [0.05, 0.1) is 6.61 Å². The Morgan fingerprint density at radius 2 is 1.89 bits per heavy atom. The van der Waals surface area contributed by atoms with Gasteiger partial charge in [0.2, 0.25) is 5.91 Å². The number of amides is 1. The highest BCUT2D eigenvalue weighted by atomic mass is 35.5. The van der Waals surface area contributed by atoms with Crippen LogP contribution in [-0.4, -0.2) is 12.5 Å². The van der Waals surface area contributed by atoms with Crippen molar-refractivity contribution in [2.24, 2.45) is 0 Å². The minimum atomic E-state index is -0.196. The Morgan fingerprint density at radius 1 is 1.11 bits per heavy atom. The first-order valence-electron chi connectivity index (χ1n) is 5.91. The third-order valence-corrected chi connectivity index (χ3v) is 2.69. The predicted molar refractivity (Wildman–Crippen MR) is 76.2 cm³/mol. The first-order chi connectivity index (χ1) is 9.24. The zero-order valence-electron chi connectivity index (χ0n) is 10.3. The second kappa shape index (κ2) is 6.92. The molecule has 0 aliphatic rings. The number of rotatable bonds is 5. The maximum absolute atomic E-state index is 11.6. The maximum atomic E-state index is 11.6. The summed E-state index contributed by atoms with van der Waals surface area (Å²) in [6.07, 6.45) is 0. The van der Waals surface area contributed by atoms with E-state index in [0.717, 1.165) is 5.56 Å². The van der Waals surface area contributed by atoms with E-state index >= 15 is 0 Å². The molecule has 0 heterocycles. The van der Waals surface area contributed by atoms with Gasteiger partial charge in [-0.25, -0.2) is 0 Å². The summed E-state index contributed by atoms with van der Waals surface area (Å²) in [6, 6.07) is 16.7. The molecular weight excluding hydrogens is 262 g/mol. The molecule has 19 heavy (non-hydrogen) atoms. The molecule has 2 aromatic rings. The standard InChI is InChI=1S/C15H14ClNO2/c16-13-7-4-8-14(9-13)17-15(18)11-19-10-12-5-2-1-3-6-12/h1-9H,10-11H2,(H,17,18). The normalized spacial score (nSPS) is 10.2. The lowest BCUT2D eigenvalue weighted by molar-refractivity contribution is -0.121. The zero-order valence-corrected chi connectivity index (χ0v) is 11.1. The molecule has 0 radical (unpaired) electrons. The number of anilines is 1. The molecule has 2 aromatic carbocycles. The van der Waals surface area contributed by atoms with Crippen molar-refractivity contribution >= 4 is 23.2 Å². The van der Waals surface area contributed by atoms with E-state index in [9.17, 15) is 4.79 Å². The largest absolute Gasteiger partial charge is 0.367 e. The van der Waals surface area contributed by atoms with E-state index in [1.165, 1.54) is 0 Å². The van der Waals surface area contributed by atoms with Gasteiger partial charge in [-0.3, -0.25) is 4.79 Å². The van der Waals surface area contributed by atoms with E-state index in [0.29, 0.717) is 17.3 Å². The van der Waals surface area contributed by atoms with Crippen molar-refractivity contribution in [3.05, 3.63) is 65.2 Å². The van der Waals surface area contributed by atoms with Crippen molar-refractivity contribution in [2.45, 2.75) is 6.61 Å². The number of carbonyl (C=O) groups is 1. The maximum Gasteiger partial charge on any atom is 0.250 e. The predicted octanol–water partition coefficient (Wildman–Crippen LogP) is 3.50. The van der Waals surface area contributed by atoms with E-state index in [4.69, 9.17) is 16.3 Å². The molecule has 0 aromatic heterocycles. The van der Waals surface area contributed by atoms with Gasteiger partial charge in [0.25, 0.3) is 0 Å². The molecule has 0 spiro atoms. The molecule has 4 heteroatoms. The third kappa shape index (κ3) is 4.73. The van der Waals surface area contributed by atoms with Crippen LogP contribution in [0.4, 0.5) is 5.69 Å². The van der Waals surface area contributed by atoms with Crippen molar-refractivity contribution in [1.82, 2.24) is 0 Å². The number of hydrogen-bond donors (Lipinski definition) is 1. The molecule has 0 saturated carbocycles. The molecule has 98 valence electrons. The Labute approximate surface area is 117 Å². The highest BCUT2D eigenvalue weighted by molar-refractivity contribution is 6.30. The molecule has 1 amide bonds. The fraction of sp³-hybridized carbons (Fsp3) is 0.133. The fourth-order valence-corrected chi connectivity index (χ4v) is 1.79. The van der Waals surface area contributed by atoms with Crippen LogP contribution in [0.5, 0.6) is 0 Å². The van der Waals surface area contributed by atoms with E-state index in [-0.39, 0.29) is 12.5 Å². The molecular formula is C15H14ClNO2. The van der Waals surface area contributed by atoms with Gasteiger partial charge in [-0.05, 0) is 23.8 Å². The van der Waals surface area contributed by atoms with Crippen molar-refractivity contribution in [3.63, 3.8) is 0 Å². The second-order valence-electron chi connectivity index (χ2n) is 4.04. The first kappa shape index (κ1) is 13.6. The Hall–Kier alpha value is -1.84. The number of carbonyl (C=O) groups excluding carboxylic acids is 1. The fourth-order valence-electron chi connectivity index (χ4n) is 1.60. The summed E-state index contributed by atoms with van der Waals surface area (Å²) in [7, 11) is 0. The van der Waals surface area contributed by atoms with Crippen LogP contribution in [0.15, 0.2) is 54.6 Å². The number of ether oxygens (including phenoxy) is 1. The number of halogens is 1. The highest BCUT2D eigenvalue weighted by Gasteiger charge is 2.03. The molecule has 2 rings (SSSR count). The number of nitrogens with one attached hydrogen (secondary N) is 1. The summed E-state index contributed by atoms with van der Waals surface area (Å²) in [5.74, 6) is -0.196. The van der Waals surface area contributed by atoms with Gasteiger partial charge >= 0.3 is 0 Å². The smallest absolute Gasteiger partial charge is 0.250 e. The second-order valence-corrected chi connectivity index (χ2v) is 4.47. The van der Waals surface area contributed by atoms with Gasteiger partial charge in [0.1, 0.15) is 6.61 Å². The summed E-state index contributed by atoms with van der Waals surface area (Å²) in [5.41, 5.74) is 1.71. The first-order valence-corrected chi connectivity index (χ1v) is 6.29. The lowest BCUT2D eigenvalue weighted by atomic mass is 10.2. The number of hydrogen-bond acceptors (Lipinski definition) is 2. The van der Waals surface area contributed by atoms with Crippen LogP contribution in [0.3, 0.4) is 0 Å². The van der Waals surface area contributed by atoms with Crippen LogP contribution >= 0.6 is 11.6 Å². The molecule has 0 bridgehead atoms. The van der Waals surface area contributed by atoms with Gasteiger partial charge in [0, 0.05) is 10.7 Å². The topological polar surface area (TPSA) is 38.3 Å². The quantitative estimate of drug-likeness (QED) is 0.907. The van der Waals surface area contributed by atoms with Gasteiger partial charge in [-0.1, -0.05) is 48.0 Å². The van der Waals surface area contributed by atoms with E-state index in [1.54, 1.807) is 24.3 Å². The van der Waals surface area contributed by atoms with Gasteiger partial charge < -0.3 is 10.1 Å². The Balaban J connectivity index is 1.76. The van der Waals surface area contributed by atoms with Crippen molar-refractivity contribution in [1.29, 1.82) is 0 Å². The third-order valence-electron chi connectivity index (χ3n) is 2.45. The summed E-state index contributed by atoms with van der Waals surface area (Å²) in [6.45, 7) is 0.436. The summed E-state index contributed by atoms with van der Waals surface area (Å²) in [4.78, 5) is 11.6. The molecule has 3 nitrogen and oxygen atoms in total. The van der Waals surface area contributed by atoms with Gasteiger partial charge in [-0.2, -0.15) is 0 Å². The zero-order chi connectivity index (χ0) is 13.5. The van der Waals surface area contributed by atoms with Gasteiger partial charge in [-0.15, -0.1) is 0 Å². The Morgan fingerprint density at radius 3 is 2.63 bits per heavy atom. The summed E-state index contributed by atoms with van der Waals surface area (Å²) >= 11 is 5.83. The van der Waals surface area contributed by atoms with Crippen molar-refractivity contribution < 1.29 is 9.53 Å². The minimum Gasteiger partial charge on any atom is -0.367 e. The van der Waals surface area contributed by atoms with Crippen LogP contribution in [0.1, 0.15) is 5.56 Å². The van der Waals surface area contributed by atoms with E-state index in [1.807, 2.05) is 30.3 Å². The molecule has 1 N–H and O–H groups in total. The van der Waals surface area contributed by atoms with Crippen molar-refractivity contribution in [3.8, 4) is 0 Å². The number of benzene rings is 2. The van der Waals surface area contributed by atoms with Crippen molar-refractivity contribution in [2.75, 3.05) is 11.9 Å².